The number of hydrogen-bond acceptors (Lipinski definition) is 1. The van der Waals surface area contributed by atoms with Gasteiger partial charge in [-0.1, -0.05) is 43.9 Å². The molecule has 88 valence electrons. The zero-order valence-electron chi connectivity index (χ0n) is 9.80. The highest BCUT2D eigenvalue weighted by Crippen LogP contribution is 2.39. The van der Waals surface area contributed by atoms with Crippen LogP contribution >= 0.6 is 11.6 Å². The van der Waals surface area contributed by atoms with Crippen molar-refractivity contribution in [3.8, 4) is 0 Å². The fourth-order valence-corrected chi connectivity index (χ4v) is 2.87. The van der Waals surface area contributed by atoms with Crippen LogP contribution in [0.5, 0.6) is 0 Å². The molecule has 0 bridgehead atoms. The molecule has 1 saturated carbocycles. The molecule has 0 atom stereocenters. The fraction of sp³-hybridized carbons (Fsp3) is 0.571. The Morgan fingerprint density at radius 3 is 2.56 bits per heavy atom. The van der Waals surface area contributed by atoms with E-state index in [1.54, 1.807) is 0 Å². The summed E-state index contributed by atoms with van der Waals surface area (Å²) in [5.41, 5.74) is 1.66. The van der Waals surface area contributed by atoms with Gasteiger partial charge in [-0.25, -0.2) is 0 Å². The summed E-state index contributed by atoms with van der Waals surface area (Å²) in [6.07, 6.45) is 6.18. The van der Waals surface area contributed by atoms with Crippen molar-refractivity contribution in [2.75, 3.05) is 0 Å². The Bertz CT molecular complexity index is 367. The van der Waals surface area contributed by atoms with Gasteiger partial charge in [-0.3, -0.25) is 0 Å². The summed E-state index contributed by atoms with van der Waals surface area (Å²) in [6.45, 7) is 2.12. The Balaban J connectivity index is 2.40. The third kappa shape index (κ3) is 2.26. The lowest BCUT2D eigenvalue weighted by Crippen LogP contribution is -2.29. The molecule has 1 nitrogen and oxygen atoms in total. The Hall–Kier alpha value is -0.530. The van der Waals surface area contributed by atoms with Crippen molar-refractivity contribution in [2.24, 2.45) is 0 Å². The molecular formula is C14H19ClO. The summed E-state index contributed by atoms with van der Waals surface area (Å²) in [5.74, 6) is 0. The molecule has 16 heavy (non-hydrogen) atoms. The summed E-state index contributed by atoms with van der Waals surface area (Å²) in [7, 11) is 0. The largest absolute Gasteiger partial charge is 0.385 e. The van der Waals surface area contributed by atoms with Crippen LogP contribution in [-0.4, -0.2) is 5.11 Å². The third-order valence-electron chi connectivity index (χ3n) is 3.63. The topological polar surface area (TPSA) is 20.2 Å². The second-order valence-corrected chi connectivity index (χ2v) is 5.18. The SMILES string of the molecule is CCc1ccc(Cl)cc1C1(O)CCCCC1. The van der Waals surface area contributed by atoms with Crippen molar-refractivity contribution >= 4 is 11.6 Å². The van der Waals surface area contributed by atoms with Crippen molar-refractivity contribution in [3.63, 3.8) is 0 Å². The Kier molecular flexibility index (Phi) is 3.56. The van der Waals surface area contributed by atoms with E-state index in [0.717, 1.165) is 42.7 Å². The first kappa shape index (κ1) is 11.9. The van der Waals surface area contributed by atoms with Crippen molar-refractivity contribution in [1.82, 2.24) is 0 Å². The molecule has 2 heteroatoms. The summed E-state index contributed by atoms with van der Waals surface area (Å²) in [4.78, 5) is 0. The number of aryl methyl sites for hydroxylation is 1. The standard InChI is InChI=1S/C14H19ClO/c1-2-11-6-7-12(15)10-13(11)14(16)8-4-3-5-9-14/h6-7,10,16H,2-5,8-9H2,1H3. The summed E-state index contributed by atoms with van der Waals surface area (Å²) in [5, 5.41) is 11.4. The predicted molar refractivity (Wildman–Crippen MR) is 67.8 cm³/mol. The summed E-state index contributed by atoms with van der Waals surface area (Å²) in [6, 6.07) is 5.91. The number of hydrogen-bond donors (Lipinski definition) is 1. The lowest BCUT2D eigenvalue weighted by Gasteiger charge is -2.34. The monoisotopic (exact) mass is 238 g/mol. The third-order valence-corrected chi connectivity index (χ3v) is 3.87. The van der Waals surface area contributed by atoms with Gasteiger partial charge in [0, 0.05) is 5.02 Å². The van der Waals surface area contributed by atoms with Crippen LogP contribution in [0, 0.1) is 0 Å². The number of halogens is 1. The molecule has 0 heterocycles. The highest BCUT2D eigenvalue weighted by atomic mass is 35.5. The van der Waals surface area contributed by atoms with Gasteiger partial charge in [0.05, 0.1) is 5.60 Å². The molecule has 1 N–H and O–H groups in total. The van der Waals surface area contributed by atoms with Gasteiger partial charge in [0.15, 0.2) is 0 Å². The van der Waals surface area contributed by atoms with E-state index in [2.05, 4.69) is 6.92 Å². The minimum atomic E-state index is -0.630. The molecule has 1 aliphatic carbocycles. The van der Waals surface area contributed by atoms with Crippen LogP contribution in [0.4, 0.5) is 0 Å². The molecule has 0 radical (unpaired) electrons. The minimum absolute atomic E-state index is 0.630. The molecule has 0 aromatic heterocycles. The van der Waals surface area contributed by atoms with Gasteiger partial charge in [0.25, 0.3) is 0 Å². The van der Waals surface area contributed by atoms with Gasteiger partial charge in [0.2, 0.25) is 0 Å². The molecular weight excluding hydrogens is 220 g/mol. The quantitative estimate of drug-likeness (QED) is 0.824. The van der Waals surface area contributed by atoms with E-state index in [4.69, 9.17) is 11.6 Å². The van der Waals surface area contributed by atoms with E-state index in [0.29, 0.717) is 0 Å². The minimum Gasteiger partial charge on any atom is -0.385 e. The summed E-state index contributed by atoms with van der Waals surface area (Å²) >= 11 is 6.04. The van der Waals surface area contributed by atoms with Crippen LogP contribution in [-0.2, 0) is 12.0 Å². The van der Waals surface area contributed by atoms with E-state index in [1.165, 1.54) is 12.0 Å². The fourth-order valence-electron chi connectivity index (χ4n) is 2.70. The lowest BCUT2D eigenvalue weighted by atomic mass is 9.77. The van der Waals surface area contributed by atoms with Gasteiger partial charge in [-0.2, -0.15) is 0 Å². The number of rotatable bonds is 2. The normalized spacial score (nSPS) is 19.7. The summed E-state index contributed by atoms with van der Waals surface area (Å²) < 4.78 is 0. The number of aliphatic hydroxyl groups is 1. The first-order valence-electron chi connectivity index (χ1n) is 6.17. The molecule has 1 aliphatic rings. The molecule has 0 spiro atoms. The molecule has 0 saturated heterocycles. The second kappa shape index (κ2) is 4.77. The van der Waals surface area contributed by atoms with E-state index >= 15 is 0 Å². The first-order valence-corrected chi connectivity index (χ1v) is 6.55. The lowest BCUT2D eigenvalue weighted by molar-refractivity contribution is -0.00136. The van der Waals surface area contributed by atoms with Crippen LogP contribution in [0.1, 0.15) is 50.2 Å². The Morgan fingerprint density at radius 2 is 1.94 bits per heavy atom. The molecule has 1 fully saturated rings. The van der Waals surface area contributed by atoms with Crippen molar-refractivity contribution < 1.29 is 5.11 Å². The van der Waals surface area contributed by atoms with E-state index < -0.39 is 5.60 Å². The van der Waals surface area contributed by atoms with Crippen LogP contribution in [0.2, 0.25) is 5.02 Å². The average Bonchev–Trinajstić information content (AvgIpc) is 2.30. The van der Waals surface area contributed by atoms with Crippen molar-refractivity contribution in [3.05, 3.63) is 34.3 Å². The molecule has 0 unspecified atom stereocenters. The zero-order chi connectivity index (χ0) is 11.6. The molecule has 1 aromatic rings. The van der Waals surface area contributed by atoms with Crippen LogP contribution in [0.3, 0.4) is 0 Å². The zero-order valence-corrected chi connectivity index (χ0v) is 10.6. The van der Waals surface area contributed by atoms with Crippen molar-refractivity contribution in [2.45, 2.75) is 51.0 Å². The Labute approximate surface area is 102 Å². The van der Waals surface area contributed by atoms with Gasteiger partial charge >= 0.3 is 0 Å². The van der Waals surface area contributed by atoms with E-state index in [-0.39, 0.29) is 0 Å². The van der Waals surface area contributed by atoms with E-state index in [1.807, 2.05) is 18.2 Å². The van der Waals surface area contributed by atoms with Gasteiger partial charge in [0.1, 0.15) is 0 Å². The van der Waals surface area contributed by atoms with E-state index in [9.17, 15) is 5.11 Å². The highest BCUT2D eigenvalue weighted by Gasteiger charge is 2.32. The molecule has 0 aliphatic heterocycles. The predicted octanol–water partition coefficient (Wildman–Crippen LogP) is 4.05. The van der Waals surface area contributed by atoms with Crippen molar-refractivity contribution in [1.29, 1.82) is 0 Å². The molecule has 1 aromatic carbocycles. The average molecular weight is 239 g/mol. The van der Waals surface area contributed by atoms with Crippen LogP contribution < -0.4 is 0 Å². The maximum absolute atomic E-state index is 10.7. The first-order chi connectivity index (χ1) is 7.65. The van der Waals surface area contributed by atoms with Gasteiger partial charge in [-0.15, -0.1) is 0 Å². The molecule has 2 rings (SSSR count). The van der Waals surface area contributed by atoms with Gasteiger partial charge in [-0.05, 0) is 42.5 Å². The Morgan fingerprint density at radius 1 is 1.25 bits per heavy atom. The maximum Gasteiger partial charge on any atom is 0.0899 e. The highest BCUT2D eigenvalue weighted by molar-refractivity contribution is 6.30. The second-order valence-electron chi connectivity index (χ2n) is 4.75. The van der Waals surface area contributed by atoms with Crippen LogP contribution in [0.25, 0.3) is 0 Å². The maximum atomic E-state index is 10.7. The van der Waals surface area contributed by atoms with Gasteiger partial charge < -0.3 is 5.11 Å². The molecule has 0 amide bonds. The number of benzene rings is 1. The van der Waals surface area contributed by atoms with Crippen LogP contribution in [0.15, 0.2) is 18.2 Å². The smallest absolute Gasteiger partial charge is 0.0899 e.